The summed E-state index contributed by atoms with van der Waals surface area (Å²) in [5.74, 6) is 0.646. The summed E-state index contributed by atoms with van der Waals surface area (Å²) in [6, 6.07) is 8.96. The predicted molar refractivity (Wildman–Crippen MR) is 95.8 cm³/mol. The number of aromatic nitrogens is 1. The lowest BCUT2D eigenvalue weighted by Gasteiger charge is -2.20. The molecule has 1 aliphatic rings. The van der Waals surface area contributed by atoms with Gasteiger partial charge in [-0.05, 0) is 43.8 Å². The zero-order valence-corrected chi connectivity index (χ0v) is 14.9. The first-order valence-electron chi connectivity index (χ1n) is 8.24. The lowest BCUT2D eigenvalue weighted by atomic mass is 9.86. The van der Waals surface area contributed by atoms with Crippen molar-refractivity contribution in [1.29, 1.82) is 0 Å². The molecule has 2 nitrogen and oxygen atoms in total. The topological polar surface area (TPSA) is 24.9 Å². The fraction of sp³-hybridized carbons (Fsp3) is 0.526. The second-order valence-corrected chi connectivity index (χ2v) is 8.54. The van der Waals surface area contributed by atoms with Gasteiger partial charge >= 0.3 is 0 Å². The molecule has 22 heavy (non-hydrogen) atoms. The summed E-state index contributed by atoms with van der Waals surface area (Å²) in [6.07, 6.45) is 2.44. The number of thiazole rings is 1. The van der Waals surface area contributed by atoms with Gasteiger partial charge in [0.1, 0.15) is 0 Å². The molecule has 2 heterocycles. The lowest BCUT2D eigenvalue weighted by molar-refractivity contribution is 0.459. The number of rotatable bonds is 2. The summed E-state index contributed by atoms with van der Waals surface area (Å²) < 4.78 is 0. The molecule has 0 unspecified atom stereocenters. The molecule has 1 aromatic heterocycles. The van der Waals surface area contributed by atoms with Crippen molar-refractivity contribution >= 4 is 11.3 Å². The number of nitrogens with zero attached hydrogens (tertiary/aromatic N) is 1. The number of benzene rings is 1. The van der Waals surface area contributed by atoms with E-state index >= 15 is 0 Å². The molecule has 0 atom stereocenters. The van der Waals surface area contributed by atoms with E-state index in [1.807, 2.05) is 11.3 Å². The van der Waals surface area contributed by atoms with Crippen molar-refractivity contribution in [3.63, 3.8) is 0 Å². The van der Waals surface area contributed by atoms with E-state index in [1.165, 1.54) is 39.5 Å². The number of hydrogen-bond donors (Lipinski definition) is 1. The highest BCUT2D eigenvalue weighted by Gasteiger charge is 2.21. The van der Waals surface area contributed by atoms with E-state index < -0.39 is 0 Å². The monoisotopic (exact) mass is 314 g/mol. The van der Waals surface area contributed by atoms with E-state index in [0.717, 1.165) is 13.1 Å². The normalized spacial score (nSPS) is 16.9. The Morgan fingerprint density at radius 1 is 1.09 bits per heavy atom. The van der Waals surface area contributed by atoms with Crippen LogP contribution < -0.4 is 5.32 Å². The molecule has 3 heteroatoms. The van der Waals surface area contributed by atoms with Crippen LogP contribution in [0.1, 0.15) is 55.0 Å². The maximum absolute atomic E-state index is 4.99. The summed E-state index contributed by atoms with van der Waals surface area (Å²) in [5.41, 5.74) is 4.01. The average molecular weight is 314 g/mol. The minimum Gasteiger partial charge on any atom is -0.317 e. The van der Waals surface area contributed by atoms with Crippen LogP contribution in [0.15, 0.2) is 24.3 Å². The van der Waals surface area contributed by atoms with E-state index in [-0.39, 0.29) is 5.41 Å². The SMILES string of the molecule is Cc1sc(C2CCNCC2)nc1-c1ccc(C(C)(C)C)cc1. The first kappa shape index (κ1) is 15.7. The molecule has 2 aromatic rings. The van der Waals surface area contributed by atoms with E-state index in [1.54, 1.807) is 0 Å². The third kappa shape index (κ3) is 3.26. The van der Waals surface area contributed by atoms with Crippen LogP contribution in [-0.2, 0) is 5.41 Å². The first-order valence-corrected chi connectivity index (χ1v) is 9.06. The molecule has 3 rings (SSSR count). The van der Waals surface area contributed by atoms with Crippen molar-refractivity contribution < 1.29 is 0 Å². The summed E-state index contributed by atoms with van der Waals surface area (Å²) in [5, 5.41) is 4.76. The third-order valence-corrected chi connectivity index (χ3v) is 5.66. The van der Waals surface area contributed by atoms with Gasteiger partial charge in [0, 0.05) is 16.4 Å². The molecule has 0 aliphatic carbocycles. The molecule has 0 spiro atoms. The fourth-order valence-corrected chi connectivity index (χ4v) is 4.17. The van der Waals surface area contributed by atoms with Gasteiger partial charge in [-0.2, -0.15) is 0 Å². The summed E-state index contributed by atoms with van der Waals surface area (Å²) in [7, 11) is 0. The largest absolute Gasteiger partial charge is 0.317 e. The predicted octanol–water partition coefficient (Wildman–Crippen LogP) is 4.88. The summed E-state index contributed by atoms with van der Waals surface area (Å²) in [6.45, 7) is 11.2. The molecular weight excluding hydrogens is 288 g/mol. The van der Waals surface area contributed by atoms with Gasteiger partial charge in [-0.1, -0.05) is 45.0 Å². The first-order chi connectivity index (χ1) is 10.4. The van der Waals surface area contributed by atoms with Gasteiger partial charge in [-0.15, -0.1) is 11.3 Å². The second kappa shape index (κ2) is 6.13. The van der Waals surface area contributed by atoms with Crippen molar-refractivity contribution in [3.8, 4) is 11.3 Å². The molecule has 0 bridgehead atoms. The van der Waals surface area contributed by atoms with Crippen molar-refractivity contribution in [1.82, 2.24) is 10.3 Å². The molecular formula is C19H26N2S. The van der Waals surface area contributed by atoms with E-state index in [2.05, 4.69) is 57.3 Å². The number of hydrogen-bond acceptors (Lipinski definition) is 3. The van der Waals surface area contributed by atoms with E-state index in [0.29, 0.717) is 5.92 Å². The number of piperidine rings is 1. The molecule has 0 radical (unpaired) electrons. The second-order valence-electron chi connectivity index (χ2n) is 7.31. The average Bonchev–Trinajstić information content (AvgIpc) is 2.89. The van der Waals surface area contributed by atoms with Crippen molar-refractivity contribution in [3.05, 3.63) is 39.7 Å². The maximum Gasteiger partial charge on any atom is 0.0967 e. The summed E-state index contributed by atoms with van der Waals surface area (Å²) in [4.78, 5) is 6.33. The Balaban J connectivity index is 1.87. The van der Waals surface area contributed by atoms with Crippen LogP contribution in [-0.4, -0.2) is 18.1 Å². The van der Waals surface area contributed by atoms with Crippen LogP contribution in [0, 0.1) is 6.92 Å². The Kier molecular flexibility index (Phi) is 4.37. The molecule has 1 fully saturated rings. The number of nitrogens with one attached hydrogen (secondary N) is 1. The molecule has 1 aromatic carbocycles. The van der Waals surface area contributed by atoms with Gasteiger partial charge < -0.3 is 5.32 Å². The van der Waals surface area contributed by atoms with E-state index in [4.69, 9.17) is 4.98 Å². The minimum atomic E-state index is 0.204. The Bertz CT molecular complexity index is 628. The van der Waals surface area contributed by atoms with Gasteiger partial charge in [-0.25, -0.2) is 4.98 Å². The minimum absolute atomic E-state index is 0.204. The Morgan fingerprint density at radius 2 is 1.73 bits per heavy atom. The molecule has 1 aliphatic heterocycles. The molecule has 118 valence electrons. The zero-order valence-electron chi connectivity index (χ0n) is 14.1. The Morgan fingerprint density at radius 3 is 2.32 bits per heavy atom. The zero-order chi connectivity index (χ0) is 15.7. The van der Waals surface area contributed by atoms with Gasteiger partial charge in [0.05, 0.1) is 10.7 Å². The molecule has 1 N–H and O–H groups in total. The highest BCUT2D eigenvalue weighted by atomic mass is 32.1. The third-order valence-electron chi connectivity index (χ3n) is 4.53. The highest BCUT2D eigenvalue weighted by molar-refractivity contribution is 7.12. The lowest BCUT2D eigenvalue weighted by Crippen LogP contribution is -2.26. The Hall–Kier alpha value is -1.19. The van der Waals surface area contributed by atoms with Crippen LogP contribution in [0.2, 0.25) is 0 Å². The van der Waals surface area contributed by atoms with Crippen LogP contribution >= 0.6 is 11.3 Å². The smallest absolute Gasteiger partial charge is 0.0967 e. The van der Waals surface area contributed by atoms with Crippen molar-refractivity contribution in [2.75, 3.05) is 13.1 Å². The van der Waals surface area contributed by atoms with Gasteiger partial charge in [0.2, 0.25) is 0 Å². The summed E-state index contributed by atoms with van der Waals surface area (Å²) >= 11 is 1.89. The quantitative estimate of drug-likeness (QED) is 0.854. The fourth-order valence-electron chi connectivity index (χ4n) is 3.06. The van der Waals surface area contributed by atoms with Crippen LogP contribution in [0.3, 0.4) is 0 Å². The van der Waals surface area contributed by atoms with Crippen LogP contribution in [0.5, 0.6) is 0 Å². The van der Waals surface area contributed by atoms with Crippen LogP contribution in [0.4, 0.5) is 0 Å². The van der Waals surface area contributed by atoms with Crippen LogP contribution in [0.25, 0.3) is 11.3 Å². The standard InChI is InChI=1S/C19H26N2S/c1-13-17(14-5-7-16(8-6-14)19(2,3)4)21-18(22-13)15-9-11-20-12-10-15/h5-8,15,20H,9-12H2,1-4H3. The van der Waals surface area contributed by atoms with Crippen molar-refractivity contribution in [2.45, 2.75) is 51.9 Å². The molecule has 0 saturated carbocycles. The van der Waals surface area contributed by atoms with Gasteiger partial charge in [0.15, 0.2) is 0 Å². The van der Waals surface area contributed by atoms with Crippen molar-refractivity contribution in [2.24, 2.45) is 0 Å². The Labute approximate surface area is 138 Å². The van der Waals surface area contributed by atoms with E-state index in [9.17, 15) is 0 Å². The van der Waals surface area contributed by atoms with Gasteiger partial charge in [-0.3, -0.25) is 0 Å². The van der Waals surface area contributed by atoms with Gasteiger partial charge in [0.25, 0.3) is 0 Å². The molecule has 1 saturated heterocycles. The molecule has 0 amide bonds. The highest BCUT2D eigenvalue weighted by Crippen LogP contribution is 2.35. The number of aryl methyl sites for hydroxylation is 1. The maximum atomic E-state index is 4.99.